The summed E-state index contributed by atoms with van der Waals surface area (Å²) >= 11 is 0. The number of benzene rings is 3. The Morgan fingerprint density at radius 3 is 2.39 bits per heavy atom. The molecule has 7 heteroatoms. The summed E-state index contributed by atoms with van der Waals surface area (Å²) in [6.07, 6.45) is 2.57. The lowest BCUT2D eigenvalue weighted by Gasteiger charge is -2.26. The van der Waals surface area contributed by atoms with Crippen molar-refractivity contribution in [2.45, 2.75) is 19.3 Å². The molecule has 4 rings (SSSR count). The largest absolute Gasteiger partial charge is 0.494 e. The van der Waals surface area contributed by atoms with Gasteiger partial charge in [0.2, 0.25) is 5.88 Å². The van der Waals surface area contributed by atoms with Gasteiger partial charge in [0, 0.05) is 11.6 Å². The van der Waals surface area contributed by atoms with Gasteiger partial charge in [0.05, 0.1) is 18.1 Å². The second-order valence-corrected chi connectivity index (χ2v) is 8.06. The summed E-state index contributed by atoms with van der Waals surface area (Å²) < 4.78 is 22.4. The molecule has 1 aliphatic rings. The molecular weight excluding hydrogens is 456 g/mol. The van der Waals surface area contributed by atoms with Crippen molar-refractivity contribution in [1.82, 2.24) is 0 Å². The van der Waals surface area contributed by atoms with E-state index in [4.69, 9.17) is 24.7 Å². The molecule has 182 valence electrons. The van der Waals surface area contributed by atoms with Crippen molar-refractivity contribution in [2.75, 3.05) is 13.2 Å². The van der Waals surface area contributed by atoms with Crippen LogP contribution in [0.15, 0.2) is 90.8 Å². The Labute approximate surface area is 210 Å². The Morgan fingerprint density at radius 2 is 1.72 bits per heavy atom. The van der Waals surface area contributed by atoms with Crippen LogP contribution < -0.4 is 24.7 Å². The van der Waals surface area contributed by atoms with Gasteiger partial charge in [0.25, 0.3) is 0 Å². The molecule has 0 fully saturated rings. The summed E-state index contributed by atoms with van der Waals surface area (Å²) in [5.74, 6) is 1.15. The smallest absolute Gasteiger partial charge is 0.343 e. The maximum absolute atomic E-state index is 12.7. The maximum atomic E-state index is 12.7. The third kappa shape index (κ3) is 5.34. The molecule has 3 aromatic rings. The second-order valence-electron chi connectivity index (χ2n) is 8.06. The predicted molar refractivity (Wildman–Crippen MR) is 135 cm³/mol. The SMILES string of the molecule is C=CCOc1ccc(C2C(C#N)=C(N)Oc3cc(OC(=O)c4ccc(OCCC)cc4)ccc32)cc1. The van der Waals surface area contributed by atoms with Crippen LogP contribution in [-0.4, -0.2) is 19.2 Å². The minimum atomic E-state index is -0.513. The molecule has 0 amide bonds. The number of esters is 1. The molecule has 1 aliphatic heterocycles. The van der Waals surface area contributed by atoms with E-state index in [9.17, 15) is 10.1 Å². The van der Waals surface area contributed by atoms with E-state index in [1.807, 2.05) is 31.2 Å². The van der Waals surface area contributed by atoms with Crippen LogP contribution in [0.3, 0.4) is 0 Å². The number of rotatable bonds is 9. The monoisotopic (exact) mass is 482 g/mol. The number of carbonyl (C=O) groups is 1. The molecule has 0 saturated carbocycles. The van der Waals surface area contributed by atoms with Gasteiger partial charge in [0.1, 0.15) is 41.2 Å². The quantitative estimate of drug-likeness (QED) is 0.245. The zero-order valence-electron chi connectivity index (χ0n) is 19.9. The molecule has 7 nitrogen and oxygen atoms in total. The molecule has 0 aromatic heterocycles. The number of hydrogen-bond acceptors (Lipinski definition) is 7. The summed E-state index contributed by atoms with van der Waals surface area (Å²) in [6.45, 7) is 6.68. The molecule has 0 radical (unpaired) electrons. The first-order chi connectivity index (χ1) is 17.5. The van der Waals surface area contributed by atoms with Gasteiger partial charge < -0.3 is 24.7 Å². The molecule has 1 heterocycles. The van der Waals surface area contributed by atoms with Crippen molar-refractivity contribution < 1.29 is 23.7 Å². The zero-order valence-corrected chi connectivity index (χ0v) is 19.9. The van der Waals surface area contributed by atoms with Crippen molar-refractivity contribution >= 4 is 5.97 Å². The highest BCUT2D eigenvalue weighted by molar-refractivity contribution is 5.91. The van der Waals surface area contributed by atoms with E-state index in [2.05, 4.69) is 12.6 Å². The Hall–Kier alpha value is -4.70. The Bertz CT molecular complexity index is 1320. The summed E-state index contributed by atoms with van der Waals surface area (Å²) in [4.78, 5) is 12.7. The standard InChI is InChI=1S/C29H26N2O5/c1-3-15-33-21-9-5-19(6-10-21)27-24-14-13-23(17-26(24)36-28(31)25(27)18-30)35-29(32)20-7-11-22(12-8-20)34-16-4-2/h3,5-14,17,27H,1,4,15-16,31H2,2H3. The lowest BCUT2D eigenvalue weighted by Crippen LogP contribution is -2.21. The highest BCUT2D eigenvalue weighted by Gasteiger charge is 2.31. The fraction of sp³-hybridized carbons (Fsp3) is 0.172. The van der Waals surface area contributed by atoms with Gasteiger partial charge in [-0.15, -0.1) is 0 Å². The van der Waals surface area contributed by atoms with Crippen molar-refractivity contribution in [3.05, 3.63) is 108 Å². The molecule has 0 saturated heterocycles. The fourth-order valence-corrected chi connectivity index (χ4v) is 3.83. The van der Waals surface area contributed by atoms with Crippen LogP contribution in [-0.2, 0) is 0 Å². The Morgan fingerprint density at radius 1 is 1.06 bits per heavy atom. The third-order valence-corrected chi connectivity index (χ3v) is 5.55. The molecule has 36 heavy (non-hydrogen) atoms. The number of nitrogens with zero attached hydrogens (tertiary/aromatic N) is 1. The van der Waals surface area contributed by atoms with Crippen molar-refractivity contribution in [1.29, 1.82) is 5.26 Å². The second kappa shape index (κ2) is 11.2. The number of carbonyl (C=O) groups excluding carboxylic acids is 1. The van der Waals surface area contributed by atoms with Crippen LogP contribution in [0.1, 0.15) is 40.7 Å². The number of nitriles is 1. The number of fused-ring (bicyclic) bond motifs is 1. The predicted octanol–water partition coefficient (Wildman–Crippen LogP) is 5.48. The van der Waals surface area contributed by atoms with Crippen LogP contribution >= 0.6 is 0 Å². The van der Waals surface area contributed by atoms with E-state index >= 15 is 0 Å². The summed E-state index contributed by atoms with van der Waals surface area (Å²) in [5, 5.41) is 9.77. The first-order valence-corrected chi connectivity index (χ1v) is 11.5. The first-order valence-electron chi connectivity index (χ1n) is 11.5. The van der Waals surface area contributed by atoms with Crippen LogP contribution in [0.25, 0.3) is 0 Å². The number of allylic oxidation sites excluding steroid dienone is 1. The summed E-state index contributed by atoms with van der Waals surface area (Å²) in [7, 11) is 0. The molecular formula is C29H26N2O5. The lowest BCUT2D eigenvalue weighted by molar-refractivity contribution is 0.0734. The van der Waals surface area contributed by atoms with Gasteiger partial charge in [0.15, 0.2) is 0 Å². The molecule has 0 spiro atoms. The molecule has 2 N–H and O–H groups in total. The molecule has 1 unspecified atom stereocenters. The highest BCUT2D eigenvalue weighted by atomic mass is 16.5. The number of ether oxygens (including phenoxy) is 4. The molecule has 0 bridgehead atoms. The average Bonchev–Trinajstić information content (AvgIpc) is 2.90. The van der Waals surface area contributed by atoms with E-state index in [0.717, 1.165) is 17.5 Å². The lowest BCUT2D eigenvalue weighted by atomic mass is 9.83. The minimum absolute atomic E-state index is 0.00753. The summed E-state index contributed by atoms with van der Waals surface area (Å²) in [6, 6.07) is 21.4. The van der Waals surface area contributed by atoms with E-state index in [-0.39, 0.29) is 5.88 Å². The third-order valence-electron chi connectivity index (χ3n) is 5.55. The molecule has 3 aromatic carbocycles. The van der Waals surface area contributed by atoms with E-state index in [0.29, 0.717) is 47.3 Å². The van der Waals surface area contributed by atoms with E-state index in [1.54, 1.807) is 48.5 Å². The average molecular weight is 483 g/mol. The Balaban J connectivity index is 1.56. The van der Waals surface area contributed by atoms with Crippen LogP contribution in [0.2, 0.25) is 0 Å². The highest BCUT2D eigenvalue weighted by Crippen LogP contribution is 2.43. The normalized spacial score (nSPS) is 14.2. The first kappa shape index (κ1) is 24.4. The van der Waals surface area contributed by atoms with Crippen LogP contribution in [0.4, 0.5) is 0 Å². The number of nitrogens with two attached hydrogens (primary N) is 1. The van der Waals surface area contributed by atoms with E-state index < -0.39 is 11.9 Å². The Kier molecular flexibility index (Phi) is 7.57. The van der Waals surface area contributed by atoms with Crippen LogP contribution in [0.5, 0.6) is 23.0 Å². The minimum Gasteiger partial charge on any atom is -0.494 e. The maximum Gasteiger partial charge on any atom is 0.343 e. The number of hydrogen-bond donors (Lipinski definition) is 1. The van der Waals surface area contributed by atoms with Gasteiger partial charge in [-0.25, -0.2) is 4.79 Å². The van der Waals surface area contributed by atoms with Crippen molar-refractivity contribution in [3.63, 3.8) is 0 Å². The van der Waals surface area contributed by atoms with E-state index in [1.165, 1.54) is 0 Å². The van der Waals surface area contributed by atoms with Crippen molar-refractivity contribution in [3.8, 4) is 29.1 Å². The van der Waals surface area contributed by atoms with Crippen LogP contribution in [0, 0.1) is 11.3 Å². The fourth-order valence-electron chi connectivity index (χ4n) is 3.83. The topological polar surface area (TPSA) is 104 Å². The molecule has 0 aliphatic carbocycles. The molecule has 1 atom stereocenters. The van der Waals surface area contributed by atoms with Crippen molar-refractivity contribution in [2.24, 2.45) is 5.73 Å². The van der Waals surface area contributed by atoms with Gasteiger partial charge in [-0.1, -0.05) is 37.8 Å². The van der Waals surface area contributed by atoms with Gasteiger partial charge in [-0.3, -0.25) is 0 Å². The van der Waals surface area contributed by atoms with Gasteiger partial charge in [-0.05, 0) is 54.4 Å². The van der Waals surface area contributed by atoms with Gasteiger partial charge >= 0.3 is 5.97 Å². The van der Waals surface area contributed by atoms with Gasteiger partial charge in [-0.2, -0.15) is 5.26 Å². The zero-order chi connectivity index (χ0) is 25.5. The summed E-state index contributed by atoms with van der Waals surface area (Å²) in [5.41, 5.74) is 8.37.